The van der Waals surface area contributed by atoms with Gasteiger partial charge in [-0.3, -0.25) is 4.79 Å². The van der Waals surface area contributed by atoms with Crippen molar-refractivity contribution in [1.29, 1.82) is 0 Å². The standard InChI is InChI=1S/C12H12BrNO4/c13-11-4-3-10(18-11)12(16)14-6-5-8(15)9-2-1-7-17-9/h1-4,7-8,15H,5-6H2,(H,14,16)/t8-/m1/s1. The minimum atomic E-state index is -0.719. The molecule has 2 heterocycles. The second-order valence-corrected chi connectivity index (χ2v) is 4.46. The molecule has 2 N–H and O–H groups in total. The Labute approximate surface area is 112 Å². The topological polar surface area (TPSA) is 75.6 Å². The Bertz CT molecular complexity index is 506. The van der Waals surface area contributed by atoms with E-state index < -0.39 is 6.10 Å². The number of carbonyl (C=O) groups excluding carboxylic acids is 1. The summed E-state index contributed by atoms with van der Waals surface area (Å²) in [4.78, 5) is 11.6. The van der Waals surface area contributed by atoms with E-state index >= 15 is 0 Å². The molecule has 18 heavy (non-hydrogen) atoms. The second kappa shape index (κ2) is 5.88. The maximum Gasteiger partial charge on any atom is 0.287 e. The van der Waals surface area contributed by atoms with Crippen molar-refractivity contribution in [2.75, 3.05) is 6.54 Å². The first-order valence-electron chi connectivity index (χ1n) is 5.42. The van der Waals surface area contributed by atoms with Gasteiger partial charge in [0.25, 0.3) is 5.91 Å². The van der Waals surface area contributed by atoms with E-state index in [9.17, 15) is 9.90 Å². The minimum absolute atomic E-state index is 0.231. The van der Waals surface area contributed by atoms with Crippen LogP contribution in [0.2, 0.25) is 0 Å². The third-order valence-electron chi connectivity index (χ3n) is 2.37. The lowest BCUT2D eigenvalue weighted by Gasteiger charge is -2.07. The first-order valence-corrected chi connectivity index (χ1v) is 6.21. The van der Waals surface area contributed by atoms with Crippen LogP contribution in [0.5, 0.6) is 0 Å². The van der Waals surface area contributed by atoms with Crippen LogP contribution in [0.1, 0.15) is 28.8 Å². The molecule has 6 heteroatoms. The lowest BCUT2D eigenvalue weighted by atomic mass is 10.2. The molecule has 0 saturated carbocycles. The van der Waals surface area contributed by atoms with Gasteiger partial charge in [0.1, 0.15) is 11.9 Å². The van der Waals surface area contributed by atoms with E-state index in [4.69, 9.17) is 8.83 Å². The summed E-state index contributed by atoms with van der Waals surface area (Å²) in [5.41, 5.74) is 0. The van der Waals surface area contributed by atoms with E-state index in [1.807, 2.05) is 0 Å². The Hall–Kier alpha value is -1.53. The Kier molecular flexibility index (Phi) is 4.22. The molecule has 1 atom stereocenters. The van der Waals surface area contributed by atoms with Crippen LogP contribution in [-0.2, 0) is 0 Å². The molecular weight excluding hydrogens is 302 g/mol. The van der Waals surface area contributed by atoms with Crippen molar-refractivity contribution in [3.8, 4) is 0 Å². The zero-order valence-electron chi connectivity index (χ0n) is 9.43. The molecule has 0 spiro atoms. The van der Waals surface area contributed by atoms with Crippen LogP contribution in [0, 0.1) is 0 Å². The Morgan fingerprint density at radius 1 is 1.44 bits per heavy atom. The third kappa shape index (κ3) is 3.24. The average Bonchev–Trinajstić information content (AvgIpc) is 2.99. The van der Waals surface area contributed by atoms with Crippen LogP contribution in [0.4, 0.5) is 0 Å². The molecule has 0 radical (unpaired) electrons. The van der Waals surface area contributed by atoms with Crippen LogP contribution in [0.15, 0.2) is 44.0 Å². The molecule has 0 unspecified atom stereocenters. The van der Waals surface area contributed by atoms with Crippen molar-refractivity contribution in [2.45, 2.75) is 12.5 Å². The Balaban J connectivity index is 1.77. The smallest absolute Gasteiger partial charge is 0.287 e. The highest BCUT2D eigenvalue weighted by Gasteiger charge is 2.13. The van der Waals surface area contributed by atoms with E-state index in [0.717, 1.165) is 0 Å². The highest BCUT2D eigenvalue weighted by Crippen LogP contribution is 2.16. The van der Waals surface area contributed by atoms with Gasteiger partial charge in [0, 0.05) is 6.54 Å². The third-order valence-corrected chi connectivity index (χ3v) is 2.80. The van der Waals surface area contributed by atoms with Crippen molar-refractivity contribution in [2.24, 2.45) is 0 Å². The number of hydrogen-bond donors (Lipinski definition) is 2. The Morgan fingerprint density at radius 2 is 2.28 bits per heavy atom. The van der Waals surface area contributed by atoms with E-state index in [2.05, 4.69) is 21.2 Å². The summed E-state index contributed by atoms with van der Waals surface area (Å²) >= 11 is 3.12. The molecule has 5 nitrogen and oxygen atoms in total. The van der Waals surface area contributed by atoms with Gasteiger partial charge in [-0.05, 0) is 46.6 Å². The van der Waals surface area contributed by atoms with Gasteiger partial charge in [-0.1, -0.05) is 0 Å². The zero-order valence-corrected chi connectivity index (χ0v) is 11.0. The van der Waals surface area contributed by atoms with E-state index in [0.29, 0.717) is 23.4 Å². The minimum Gasteiger partial charge on any atom is -0.467 e. The number of furan rings is 2. The van der Waals surface area contributed by atoms with Crippen LogP contribution in [-0.4, -0.2) is 17.6 Å². The van der Waals surface area contributed by atoms with Crippen LogP contribution >= 0.6 is 15.9 Å². The fourth-order valence-electron chi connectivity index (χ4n) is 1.47. The maximum absolute atomic E-state index is 11.6. The number of hydrogen-bond acceptors (Lipinski definition) is 4. The summed E-state index contributed by atoms with van der Waals surface area (Å²) in [6.07, 6.45) is 1.15. The monoisotopic (exact) mass is 313 g/mol. The van der Waals surface area contributed by atoms with Crippen molar-refractivity contribution < 1.29 is 18.7 Å². The van der Waals surface area contributed by atoms with Gasteiger partial charge in [-0.2, -0.15) is 0 Å². The summed E-state index contributed by atoms with van der Waals surface area (Å²) < 4.78 is 10.7. The van der Waals surface area contributed by atoms with Crippen molar-refractivity contribution in [3.05, 3.63) is 46.7 Å². The summed E-state index contributed by atoms with van der Waals surface area (Å²) in [5, 5.41) is 12.4. The summed E-state index contributed by atoms with van der Waals surface area (Å²) in [6, 6.07) is 6.61. The van der Waals surface area contributed by atoms with E-state index in [1.165, 1.54) is 6.26 Å². The molecule has 0 saturated heterocycles. The van der Waals surface area contributed by atoms with Gasteiger partial charge < -0.3 is 19.3 Å². The van der Waals surface area contributed by atoms with Crippen molar-refractivity contribution >= 4 is 21.8 Å². The molecule has 0 bridgehead atoms. The van der Waals surface area contributed by atoms with E-state index in [-0.39, 0.29) is 11.7 Å². The molecule has 0 aliphatic rings. The fourth-order valence-corrected chi connectivity index (χ4v) is 1.78. The molecule has 0 aliphatic carbocycles. The highest BCUT2D eigenvalue weighted by atomic mass is 79.9. The molecule has 96 valence electrons. The molecule has 0 aliphatic heterocycles. The molecule has 1 amide bonds. The summed E-state index contributed by atoms with van der Waals surface area (Å²) in [7, 11) is 0. The number of carbonyl (C=O) groups is 1. The molecular formula is C12H12BrNO4. The fraction of sp³-hybridized carbons (Fsp3) is 0.250. The second-order valence-electron chi connectivity index (χ2n) is 3.68. The largest absolute Gasteiger partial charge is 0.467 e. The summed E-state index contributed by atoms with van der Waals surface area (Å²) in [6.45, 7) is 0.332. The number of rotatable bonds is 5. The van der Waals surface area contributed by atoms with Crippen molar-refractivity contribution in [1.82, 2.24) is 5.32 Å². The van der Waals surface area contributed by atoms with Gasteiger partial charge in [-0.15, -0.1) is 0 Å². The number of halogens is 1. The normalized spacial score (nSPS) is 12.3. The Morgan fingerprint density at radius 3 is 2.89 bits per heavy atom. The molecule has 0 fully saturated rings. The maximum atomic E-state index is 11.6. The van der Waals surface area contributed by atoms with E-state index in [1.54, 1.807) is 24.3 Å². The van der Waals surface area contributed by atoms with Gasteiger partial charge in [0.05, 0.1) is 6.26 Å². The first kappa shape index (κ1) is 12.9. The van der Waals surface area contributed by atoms with Crippen LogP contribution in [0.3, 0.4) is 0 Å². The van der Waals surface area contributed by atoms with Gasteiger partial charge in [0.2, 0.25) is 0 Å². The number of amides is 1. The zero-order chi connectivity index (χ0) is 13.0. The quantitative estimate of drug-likeness (QED) is 0.889. The molecule has 0 aromatic carbocycles. The van der Waals surface area contributed by atoms with Crippen LogP contribution in [0.25, 0.3) is 0 Å². The summed E-state index contributed by atoms with van der Waals surface area (Å²) in [5.74, 6) is 0.409. The predicted molar refractivity (Wildman–Crippen MR) is 67.0 cm³/mol. The van der Waals surface area contributed by atoms with Gasteiger partial charge in [-0.25, -0.2) is 0 Å². The average molecular weight is 314 g/mol. The molecule has 2 aromatic rings. The molecule has 2 aromatic heterocycles. The number of nitrogens with one attached hydrogen (secondary N) is 1. The van der Waals surface area contributed by atoms with Crippen LogP contribution < -0.4 is 5.32 Å². The SMILES string of the molecule is O=C(NCC[C@@H](O)c1ccco1)c1ccc(Br)o1. The lowest BCUT2D eigenvalue weighted by molar-refractivity contribution is 0.0907. The van der Waals surface area contributed by atoms with Crippen molar-refractivity contribution in [3.63, 3.8) is 0 Å². The predicted octanol–water partition coefficient (Wildman–Crippen LogP) is 2.49. The highest BCUT2D eigenvalue weighted by molar-refractivity contribution is 9.10. The van der Waals surface area contributed by atoms with Gasteiger partial charge >= 0.3 is 0 Å². The number of aliphatic hydroxyl groups is 1. The lowest BCUT2D eigenvalue weighted by Crippen LogP contribution is -2.25. The first-order chi connectivity index (χ1) is 8.66. The molecule has 2 rings (SSSR count). The number of aliphatic hydroxyl groups excluding tert-OH is 1. The van der Waals surface area contributed by atoms with Gasteiger partial charge in [0.15, 0.2) is 10.4 Å².